The summed E-state index contributed by atoms with van der Waals surface area (Å²) in [6.07, 6.45) is 1.62. The summed E-state index contributed by atoms with van der Waals surface area (Å²) in [5, 5.41) is 6.77. The lowest BCUT2D eigenvalue weighted by Crippen LogP contribution is -2.45. The summed E-state index contributed by atoms with van der Waals surface area (Å²) >= 11 is 5.31. The Morgan fingerprint density at radius 1 is 1.30 bits per heavy atom. The van der Waals surface area contributed by atoms with Gasteiger partial charge in [-0.1, -0.05) is 31.5 Å². The number of hydrogen-bond donors (Lipinski definition) is 2. The monoisotopic (exact) mass is 334 g/mol. The van der Waals surface area contributed by atoms with Gasteiger partial charge in [0, 0.05) is 11.3 Å². The van der Waals surface area contributed by atoms with Gasteiger partial charge >= 0.3 is 5.97 Å². The second kappa shape index (κ2) is 7.97. The summed E-state index contributed by atoms with van der Waals surface area (Å²) in [5.41, 5.74) is 2.23. The highest BCUT2D eigenvalue weighted by Crippen LogP contribution is 2.34. The molecule has 1 heterocycles. The zero-order valence-corrected chi connectivity index (χ0v) is 14.5. The molecule has 1 aromatic carbocycles. The third-order valence-corrected chi connectivity index (χ3v) is 3.82. The molecular formula is C17H22N2O3S. The maximum Gasteiger partial charge on any atom is 0.338 e. The summed E-state index contributed by atoms with van der Waals surface area (Å²) in [6.45, 7) is 4.18. The van der Waals surface area contributed by atoms with Crippen LogP contribution < -0.4 is 15.4 Å². The third kappa shape index (κ3) is 3.82. The largest absolute Gasteiger partial charge is 0.496 e. The molecule has 23 heavy (non-hydrogen) atoms. The Morgan fingerprint density at radius 3 is 2.70 bits per heavy atom. The molecule has 0 fully saturated rings. The number of nitrogens with one attached hydrogen (secondary N) is 2. The number of esters is 1. The van der Waals surface area contributed by atoms with Crippen molar-refractivity contribution >= 4 is 23.3 Å². The second-order valence-electron chi connectivity index (χ2n) is 5.14. The fraction of sp³-hybridized carbons (Fsp3) is 0.412. The summed E-state index contributed by atoms with van der Waals surface area (Å²) in [7, 11) is 1.61. The van der Waals surface area contributed by atoms with Gasteiger partial charge in [0.2, 0.25) is 0 Å². The zero-order chi connectivity index (χ0) is 16.8. The maximum absolute atomic E-state index is 12.5. The van der Waals surface area contributed by atoms with E-state index in [1.165, 1.54) is 0 Å². The van der Waals surface area contributed by atoms with E-state index in [1.54, 1.807) is 14.0 Å². The number of thiocarbonyl (C=S) groups is 1. The number of hydrogen-bond acceptors (Lipinski definition) is 4. The summed E-state index contributed by atoms with van der Waals surface area (Å²) < 4.78 is 10.7. The minimum atomic E-state index is -0.388. The number of ether oxygens (including phenoxy) is 2. The van der Waals surface area contributed by atoms with Crippen molar-refractivity contribution < 1.29 is 14.3 Å². The van der Waals surface area contributed by atoms with Gasteiger partial charge in [-0.2, -0.15) is 0 Å². The van der Waals surface area contributed by atoms with Crippen molar-refractivity contribution in [1.82, 2.24) is 10.6 Å². The van der Waals surface area contributed by atoms with E-state index in [0.29, 0.717) is 23.0 Å². The number of rotatable bonds is 6. The first kappa shape index (κ1) is 17.3. The third-order valence-electron chi connectivity index (χ3n) is 3.60. The van der Waals surface area contributed by atoms with E-state index in [-0.39, 0.29) is 12.0 Å². The van der Waals surface area contributed by atoms with Gasteiger partial charge in [-0.25, -0.2) is 4.79 Å². The molecule has 0 radical (unpaired) electrons. The Hall–Kier alpha value is -2.08. The van der Waals surface area contributed by atoms with Gasteiger partial charge in [-0.15, -0.1) is 0 Å². The molecule has 1 atom stereocenters. The Morgan fingerprint density at radius 2 is 2.04 bits per heavy atom. The van der Waals surface area contributed by atoms with Gasteiger partial charge in [0.25, 0.3) is 0 Å². The molecule has 2 rings (SSSR count). The van der Waals surface area contributed by atoms with Crippen molar-refractivity contribution in [3.05, 3.63) is 41.1 Å². The van der Waals surface area contributed by atoms with Crippen LogP contribution in [0.5, 0.6) is 5.75 Å². The molecule has 1 aliphatic heterocycles. The van der Waals surface area contributed by atoms with Gasteiger partial charge in [-0.3, -0.25) is 0 Å². The van der Waals surface area contributed by atoms with Crippen molar-refractivity contribution in [2.45, 2.75) is 32.7 Å². The van der Waals surface area contributed by atoms with E-state index < -0.39 is 0 Å². The van der Waals surface area contributed by atoms with E-state index in [4.69, 9.17) is 21.7 Å². The normalized spacial score (nSPS) is 17.3. The molecular weight excluding hydrogens is 312 g/mol. The molecule has 0 spiro atoms. The van der Waals surface area contributed by atoms with Gasteiger partial charge in [0.15, 0.2) is 5.11 Å². The Bertz CT molecular complexity index is 628. The highest BCUT2D eigenvalue weighted by Gasteiger charge is 2.33. The van der Waals surface area contributed by atoms with E-state index in [9.17, 15) is 4.79 Å². The molecule has 1 aliphatic rings. The number of carbonyl (C=O) groups is 1. The molecule has 0 amide bonds. The average Bonchev–Trinajstić information content (AvgIpc) is 2.54. The minimum Gasteiger partial charge on any atom is -0.496 e. The SMILES string of the molecule is CCCC1=C(C(=O)OCC)[C@@H](c2ccccc2OC)NC(=S)N1. The number of carbonyl (C=O) groups excluding carboxylic acids is 1. The van der Waals surface area contributed by atoms with E-state index in [2.05, 4.69) is 17.6 Å². The first-order chi connectivity index (χ1) is 11.1. The van der Waals surface area contributed by atoms with E-state index in [0.717, 1.165) is 24.1 Å². The number of allylic oxidation sites excluding steroid dienone is 1. The molecule has 6 heteroatoms. The Labute approximate surface area is 142 Å². The van der Waals surface area contributed by atoms with Crippen LogP contribution in [-0.4, -0.2) is 24.8 Å². The van der Waals surface area contributed by atoms with E-state index >= 15 is 0 Å². The second-order valence-corrected chi connectivity index (χ2v) is 5.54. The Kier molecular flexibility index (Phi) is 5.98. The van der Waals surface area contributed by atoms with Crippen LogP contribution in [0.1, 0.15) is 38.3 Å². The van der Waals surface area contributed by atoms with Crippen molar-refractivity contribution in [2.24, 2.45) is 0 Å². The first-order valence-electron chi connectivity index (χ1n) is 7.72. The van der Waals surface area contributed by atoms with Crippen LogP contribution in [0.2, 0.25) is 0 Å². The lowest BCUT2D eigenvalue weighted by molar-refractivity contribution is -0.139. The highest BCUT2D eigenvalue weighted by molar-refractivity contribution is 7.80. The van der Waals surface area contributed by atoms with Crippen LogP contribution in [0.4, 0.5) is 0 Å². The smallest absolute Gasteiger partial charge is 0.338 e. The fourth-order valence-electron chi connectivity index (χ4n) is 2.65. The van der Waals surface area contributed by atoms with Crippen molar-refractivity contribution in [3.63, 3.8) is 0 Å². The molecule has 124 valence electrons. The van der Waals surface area contributed by atoms with E-state index in [1.807, 2.05) is 24.3 Å². The molecule has 0 saturated heterocycles. The predicted molar refractivity (Wildman–Crippen MR) is 93.2 cm³/mol. The maximum atomic E-state index is 12.5. The average molecular weight is 334 g/mol. The molecule has 0 bridgehead atoms. The number of methoxy groups -OCH3 is 1. The molecule has 5 nitrogen and oxygen atoms in total. The molecule has 0 unspecified atom stereocenters. The summed E-state index contributed by atoms with van der Waals surface area (Å²) in [4.78, 5) is 12.5. The molecule has 0 aromatic heterocycles. The van der Waals surface area contributed by atoms with Crippen LogP contribution in [0.3, 0.4) is 0 Å². The van der Waals surface area contributed by atoms with Gasteiger partial charge in [0.05, 0.1) is 25.3 Å². The van der Waals surface area contributed by atoms with Crippen LogP contribution >= 0.6 is 12.2 Å². The predicted octanol–water partition coefficient (Wildman–Crippen LogP) is 2.83. The standard InChI is InChI=1S/C17H22N2O3S/c1-4-8-12-14(16(20)22-5-2)15(19-17(23)18-12)11-9-6-7-10-13(11)21-3/h6-7,9-10,15H,4-5,8H2,1-3H3,(H2,18,19,23)/t15-/m1/s1. The van der Waals surface area contributed by atoms with Crippen molar-refractivity contribution in [3.8, 4) is 5.75 Å². The topological polar surface area (TPSA) is 59.6 Å². The van der Waals surface area contributed by atoms with Crippen LogP contribution in [0.25, 0.3) is 0 Å². The molecule has 2 N–H and O–H groups in total. The van der Waals surface area contributed by atoms with Crippen LogP contribution in [0.15, 0.2) is 35.5 Å². The highest BCUT2D eigenvalue weighted by atomic mass is 32.1. The Balaban J connectivity index is 2.55. The van der Waals surface area contributed by atoms with Gasteiger partial charge in [0.1, 0.15) is 5.75 Å². The lowest BCUT2D eigenvalue weighted by atomic mass is 9.93. The summed E-state index contributed by atoms with van der Waals surface area (Å²) in [6, 6.07) is 7.20. The van der Waals surface area contributed by atoms with Crippen LogP contribution in [0, 0.1) is 0 Å². The molecule has 1 aromatic rings. The number of para-hydroxylation sites is 1. The quantitative estimate of drug-likeness (QED) is 0.616. The van der Waals surface area contributed by atoms with Crippen LogP contribution in [-0.2, 0) is 9.53 Å². The van der Waals surface area contributed by atoms with Crippen molar-refractivity contribution in [2.75, 3.05) is 13.7 Å². The minimum absolute atomic E-state index is 0.324. The molecule has 0 aliphatic carbocycles. The van der Waals surface area contributed by atoms with Gasteiger partial charge < -0.3 is 20.1 Å². The first-order valence-corrected chi connectivity index (χ1v) is 8.13. The molecule has 0 saturated carbocycles. The van der Waals surface area contributed by atoms with Gasteiger partial charge in [-0.05, 0) is 31.6 Å². The van der Waals surface area contributed by atoms with Crippen molar-refractivity contribution in [1.29, 1.82) is 0 Å². The fourth-order valence-corrected chi connectivity index (χ4v) is 2.89. The summed E-state index contributed by atoms with van der Waals surface area (Å²) in [5.74, 6) is 0.363. The zero-order valence-electron chi connectivity index (χ0n) is 13.6. The lowest BCUT2D eigenvalue weighted by Gasteiger charge is -2.31. The number of benzene rings is 1.